The van der Waals surface area contributed by atoms with E-state index in [9.17, 15) is 25.2 Å². The number of allylic oxidation sites excluding steroid dienone is 2. The summed E-state index contributed by atoms with van der Waals surface area (Å²) >= 11 is 0. The van der Waals surface area contributed by atoms with Gasteiger partial charge in [0.25, 0.3) is 0 Å². The number of aliphatic hydroxyl groups excluding tert-OH is 4. The Morgan fingerprint density at radius 1 is 0.544 bits per heavy atom. The van der Waals surface area contributed by atoms with Gasteiger partial charge in [0.1, 0.15) is 30.5 Å². The molecule has 9 nitrogen and oxygen atoms in total. The van der Waals surface area contributed by atoms with E-state index in [1.165, 1.54) is 173 Å². The minimum absolute atomic E-state index is 0.108. The maximum absolute atomic E-state index is 12.8. The standard InChI is InChI=1S/C48H92O9/c1-3-5-7-9-11-13-15-17-18-19-20-21-22-23-24-25-26-28-30-32-34-36-38-54-40-42(41-55-48-47(53)46(52)45(51)43(39-49)57-48)56-44(50)37-35-33-31-29-27-16-14-12-10-8-6-4-2/h19-20,42-43,45-49,51-53H,3-18,21-41H2,1-2H3/b20-19-. The highest BCUT2D eigenvalue weighted by Crippen LogP contribution is 2.23. The summed E-state index contributed by atoms with van der Waals surface area (Å²) < 4.78 is 22.8. The first-order chi connectivity index (χ1) is 27.9. The normalized spacial score (nSPS) is 20.4. The highest BCUT2D eigenvalue weighted by atomic mass is 16.7. The van der Waals surface area contributed by atoms with Crippen LogP contribution in [0.15, 0.2) is 12.2 Å². The molecule has 0 amide bonds. The van der Waals surface area contributed by atoms with Gasteiger partial charge in [-0.1, -0.05) is 193 Å². The van der Waals surface area contributed by atoms with Crippen molar-refractivity contribution in [2.24, 2.45) is 0 Å². The first-order valence-electron chi connectivity index (χ1n) is 24.3. The Bertz CT molecular complexity index is 884. The molecule has 1 heterocycles. The van der Waals surface area contributed by atoms with Crippen molar-refractivity contribution in [3.63, 3.8) is 0 Å². The fourth-order valence-corrected chi connectivity index (χ4v) is 7.61. The average molecular weight is 813 g/mol. The number of aliphatic hydroxyl groups is 4. The minimum atomic E-state index is -1.53. The van der Waals surface area contributed by atoms with Crippen LogP contribution in [-0.2, 0) is 23.7 Å². The molecular weight excluding hydrogens is 721 g/mol. The molecule has 1 aliphatic heterocycles. The van der Waals surface area contributed by atoms with Crippen LogP contribution in [0.1, 0.15) is 226 Å². The number of hydrogen-bond donors (Lipinski definition) is 4. The maximum atomic E-state index is 12.8. The van der Waals surface area contributed by atoms with E-state index < -0.39 is 43.4 Å². The van der Waals surface area contributed by atoms with Gasteiger partial charge < -0.3 is 39.4 Å². The maximum Gasteiger partial charge on any atom is 0.306 e. The lowest BCUT2D eigenvalue weighted by Crippen LogP contribution is -2.59. The SMILES string of the molecule is CCCCCCCCCC/C=C\CCCCCCCCCCCCOCC(COC1OC(CO)C(O)C(O)C1O)OC(=O)CCCCCCCCCCCCCC. The molecule has 1 saturated heterocycles. The topological polar surface area (TPSA) is 135 Å². The van der Waals surface area contributed by atoms with Crippen molar-refractivity contribution in [1.82, 2.24) is 0 Å². The molecule has 0 aromatic heterocycles. The van der Waals surface area contributed by atoms with Crippen LogP contribution in [0.3, 0.4) is 0 Å². The number of carbonyl (C=O) groups is 1. The zero-order valence-electron chi connectivity index (χ0n) is 37.1. The van der Waals surface area contributed by atoms with Gasteiger partial charge in [0.15, 0.2) is 6.29 Å². The molecule has 0 radical (unpaired) electrons. The van der Waals surface area contributed by atoms with Crippen molar-refractivity contribution in [3.8, 4) is 0 Å². The van der Waals surface area contributed by atoms with Gasteiger partial charge in [-0.25, -0.2) is 0 Å². The summed E-state index contributed by atoms with van der Waals surface area (Å²) in [5, 5.41) is 40.1. The largest absolute Gasteiger partial charge is 0.457 e. The second-order valence-corrected chi connectivity index (χ2v) is 16.9. The fourth-order valence-electron chi connectivity index (χ4n) is 7.61. The van der Waals surface area contributed by atoms with Gasteiger partial charge >= 0.3 is 5.97 Å². The van der Waals surface area contributed by atoms with Crippen molar-refractivity contribution in [1.29, 1.82) is 0 Å². The molecule has 0 aromatic rings. The van der Waals surface area contributed by atoms with E-state index in [2.05, 4.69) is 26.0 Å². The Morgan fingerprint density at radius 3 is 1.42 bits per heavy atom. The lowest BCUT2D eigenvalue weighted by Gasteiger charge is -2.39. The third-order valence-corrected chi connectivity index (χ3v) is 11.4. The fraction of sp³-hybridized carbons (Fsp3) is 0.938. The number of rotatable bonds is 42. The quantitative estimate of drug-likeness (QED) is 0.0270. The molecule has 1 aliphatic rings. The molecule has 338 valence electrons. The van der Waals surface area contributed by atoms with Crippen molar-refractivity contribution < 1.29 is 44.2 Å². The number of esters is 1. The summed E-state index contributed by atoms with van der Waals surface area (Å²) in [5.74, 6) is -0.311. The predicted molar refractivity (Wildman–Crippen MR) is 233 cm³/mol. The summed E-state index contributed by atoms with van der Waals surface area (Å²) in [4.78, 5) is 12.8. The molecule has 4 N–H and O–H groups in total. The van der Waals surface area contributed by atoms with Gasteiger partial charge in [0, 0.05) is 13.0 Å². The Kier molecular flexibility index (Phi) is 38.2. The van der Waals surface area contributed by atoms with Gasteiger partial charge in [-0.15, -0.1) is 0 Å². The Hall–Kier alpha value is -1.07. The summed E-state index contributed by atoms with van der Waals surface area (Å²) in [5.41, 5.74) is 0. The minimum Gasteiger partial charge on any atom is -0.457 e. The predicted octanol–water partition coefficient (Wildman–Crippen LogP) is 11.2. The Balaban J connectivity index is 2.18. The van der Waals surface area contributed by atoms with E-state index in [-0.39, 0.29) is 19.2 Å². The molecule has 57 heavy (non-hydrogen) atoms. The van der Waals surface area contributed by atoms with Crippen LogP contribution in [-0.4, -0.2) is 89.6 Å². The highest BCUT2D eigenvalue weighted by Gasteiger charge is 2.44. The zero-order valence-corrected chi connectivity index (χ0v) is 37.1. The van der Waals surface area contributed by atoms with Gasteiger partial charge in [-0.05, 0) is 38.5 Å². The van der Waals surface area contributed by atoms with Crippen LogP contribution in [0.2, 0.25) is 0 Å². The van der Waals surface area contributed by atoms with Gasteiger partial charge in [0.2, 0.25) is 0 Å². The first-order valence-corrected chi connectivity index (χ1v) is 24.3. The molecule has 0 bridgehead atoms. The van der Waals surface area contributed by atoms with E-state index in [0.717, 1.165) is 32.1 Å². The molecule has 0 spiro atoms. The summed E-state index contributed by atoms with van der Waals surface area (Å²) in [6.07, 6.45) is 38.2. The smallest absolute Gasteiger partial charge is 0.306 e. The second-order valence-electron chi connectivity index (χ2n) is 16.9. The number of hydrogen-bond acceptors (Lipinski definition) is 9. The van der Waals surface area contributed by atoms with Crippen LogP contribution < -0.4 is 0 Å². The molecule has 0 aromatic carbocycles. The lowest BCUT2D eigenvalue weighted by atomic mass is 9.99. The molecule has 6 atom stereocenters. The van der Waals surface area contributed by atoms with Gasteiger partial charge in [0.05, 0.1) is 19.8 Å². The third-order valence-electron chi connectivity index (χ3n) is 11.4. The Morgan fingerprint density at radius 2 is 0.965 bits per heavy atom. The van der Waals surface area contributed by atoms with E-state index in [1.807, 2.05) is 0 Å². The average Bonchev–Trinajstić information content (AvgIpc) is 3.21. The number of ether oxygens (including phenoxy) is 4. The molecule has 0 aliphatic carbocycles. The summed E-state index contributed by atoms with van der Waals surface area (Å²) in [6, 6.07) is 0. The monoisotopic (exact) mass is 813 g/mol. The first kappa shape index (κ1) is 53.9. The number of unbranched alkanes of at least 4 members (excludes halogenated alkanes) is 29. The van der Waals surface area contributed by atoms with Crippen molar-refractivity contribution in [2.75, 3.05) is 26.4 Å². The van der Waals surface area contributed by atoms with E-state index in [4.69, 9.17) is 18.9 Å². The van der Waals surface area contributed by atoms with E-state index in [1.54, 1.807) is 0 Å². The lowest BCUT2D eigenvalue weighted by molar-refractivity contribution is -0.305. The van der Waals surface area contributed by atoms with E-state index in [0.29, 0.717) is 13.0 Å². The van der Waals surface area contributed by atoms with Gasteiger partial charge in [-0.3, -0.25) is 4.79 Å². The number of carbonyl (C=O) groups excluding carboxylic acids is 1. The summed E-state index contributed by atoms with van der Waals surface area (Å²) in [6.45, 7) is 4.59. The molecule has 1 rings (SSSR count). The second kappa shape index (κ2) is 40.3. The van der Waals surface area contributed by atoms with Crippen molar-refractivity contribution >= 4 is 5.97 Å². The third kappa shape index (κ3) is 31.5. The van der Waals surface area contributed by atoms with Crippen LogP contribution in [0.5, 0.6) is 0 Å². The molecule has 1 fully saturated rings. The van der Waals surface area contributed by atoms with Crippen LogP contribution in [0.4, 0.5) is 0 Å². The van der Waals surface area contributed by atoms with Crippen molar-refractivity contribution in [3.05, 3.63) is 12.2 Å². The van der Waals surface area contributed by atoms with Crippen LogP contribution >= 0.6 is 0 Å². The molecule has 9 heteroatoms. The van der Waals surface area contributed by atoms with E-state index >= 15 is 0 Å². The van der Waals surface area contributed by atoms with Crippen molar-refractivity contribution in [2.45, 2.75) is 263 Å². The zero-order chi connectivity index (χ0) is 41.4. The molecular formula is C48H92O9. The van der Waals surface area contributed by atoms with Crippen LogP contribution in [0, 0.1) is 0 Å². The molecule has 6 unspecified atom stereocenters. The van der Waals surface area contributed by atoms with Gasteiger partial charge in [-0.2, -0.15) is 0 Å². The Labute approximate surface area is 350 Å². The summed E-state index contributed by atoms with van der Waals surface area (Å²) in [7, 11) is 0. The highest BCUT2D eigenvalue weighted by molar-refractivity contribution is 5.69. The van der Waals surface area contributed by atoms with Crippen LogP contribution in [0.25, 0.3) is 0 Å². The molecule has 0 saturated carbocycles.